The van der Waals surface area contributed by atoms with Gasteiger partial charge in [0.25, 0.3) is 0 Å². The normalized spacial score (nSPS) is 20.3. The number of nitrogens with one attached hydrogen (secondary N) is 1. The average molecular weight is 340 g/mol. The molecule has 132 valence electrons. The van der Waals surface area contributed by atoms with Gasteiger partial charge in [-0.2, -0.15) is 5.10 Å². The molecule has 25 heavy (non-hydrogen) atoms. The number of hydrogen-bond donors (Lipinski definition) is 1. The number of hydrogen-bond acceptors (Lipinski definition) is 4. The van der Waals surface area contributed by atoms with Crippen LogP contribution in [0.3, 0.4) is 0 Å². The molecule has 0 aliphatic carbocycles. The smallest absolute Gasteiger partial charge is 0.224 e. The van der Waals surface area contributed by atoms with Gasteiger partial charge in [0.2, 0.25) is 5.91 Å². The van der Waals surface area contributed by atoms with E-state index in [1.54, 1.807) is 0 Å². The number of aromatic nitrogens is 2. The van der Waals surface area contributed by atoms with Gasteiger partial charge in [-0.15, -0.1) is 0 Å². The van der Waals surface area contributed by atoms with Gasteiger partial charge in [0, 0.05) is 37.1 Å². The molecule has 1 atom stereocenters. The van der Waals surface area contributed by atoms with Crippen LogP contribution in [0.4, 0.5) is 5.69 Å². The van der Waals surface area contributed by atoms with Crippen LogP contribution in [-0.4, -0.2) is 46.3 Å². The molecule has 1 aromatic heterocycles. The monoisotopic (exact) mass is 340 g/mol. The lowest BCUT2D eigenvalue weighted by molar-refractivity contribution is -0.116. The standard InChI is InChI=1S/C19H24N4O2/c24-19-7-4-15-13-17(5-6-18(15)21-19)25-12-11-22-9-1-3-16(22)14-23-10-2-8-20-23/h2,5-6,8,10,13,16H,1,3-4,7,9,11-12,14H2,(H,21,24). The van der Waals surface area contributed by atoms with E-state index in [0.717, 1.165) is 43.1 Å². The highest BCUT2D eigenvalue weighted by Gasteiger charge is 2.24. The molecule has 0 bridgehead atoms. The Balaban J connectivity index is 1.29. The number of likely N-dealkylation sites (tertiary alicyclic amines) is 1. The first-order chi connectivity index (χ1) is 12.3. The fourth-order valence-corrected chi connectivity index (χ4v) is 3.75. The van der Waals surface area contributed by atoms with Crippen LogP contribution in [0.2, 0.25) is 0 Å². The zero-order valence-corrected chi connectivity index (χ0v) is 14.4. The number of fused-ring (bicyclic) bond motifs is 1. The Hall–Kier alpha value is -2.34. The highest BCUT2D eigenvalue weighted by Crippen LogP contribution is 2.27. The number of benzene rings is 1. The fraction of sp³-hybridized carbons (Fsp3) is 0.474. The number of amides is 1. The van der Waals surface area contributed by atoms with Crippen molar-refractivity contribution in [2.24, 2.45) is 0 Å². The lowest BCUT2D eigenvalue weighted by Crippen LogP contribution is -2.36. The highest BCUT2D eigenvalue weighted by molar-refractivity contribution is 5.93. The molecule has 0 radical (unpaired) electrons. The Kier molecular flexibility index (Phi) is 4.70. The van der Waals surface area contributed by atoms with E-state index in [9.17, 15) is 4.79 Å². The summed E-state index contributed by atoms with van der Waals surface area (Å²) in [5.74, 6) is 0.983. The van der Waals surface area contributed by atoms with Crippen molar-refractivity contribution in [3.05, 3.63) is 42.2 Å². The lowest BCUT2D eigenvalue weighted by Gasteiger charge is -2.24. The van der Waals surface area contributed by atoms with E-state index < -0.39 is 0 Å². The van der Waals surface area contributed by atoms with Gasteiger partial charge in [-0.25, -0.2) is 0 Å². The van der Waals surface area contributed by atoms with Gasteiger partial charge in [0.15, 0.2) is 0 Å². The molecule has 1 fully saturated rings. The maximum absolute atomic E-state index is 11.4. The number of carbonyl (C=O) groups is 1. The number of ether oxygens (including phenoxy) is 1. The second kappa shape index (κ2) is 7.27. The number of nitrogens with zero attached hydrogens (tertiary/aromatic N) is 3. The summed E-state index contributed by atoms with van der Waals surface area (Å²) in [5, 5.41) is 7.22. The van der Waals surface area contributed by atoms with Crippen molar-refractivity contribution in [2.75, 3.05) is 25.0 Å². The Labute approximate surface area is 147 Å². The third kappa shape index (κ3) is 3.85. The average Bonchev–Trinajstić information content (AvgIpc) is 3.28. The van der Waals surface area contributed by atoms with E-state index in [2.05, 4.69) is 21.4 Å². The minimum atomic E-state index is 0.0958. The Morgan fingerprint density at radius 1 is 1.32 bits per heavy atom. The summed E-state index contributed by atoms with van der Waals surface area (Å²) < 4.78 is 7.98. The molecule has 2 aliphatic heterocycles. The summed E-state index contributed by atoms with van der Waals surface area (Å²) in [6.45, 7) is 3.69. The molecule has 1 aromatic carbocycles. The highest BCUT2D eigenvalue weighted by atomic mass is 16.5. The summed E-state index contributed by atoms with van der Waals surface area (Å²) >= 11 is 0. The molecule has 1 saturated heterocycles. The second-order valence-corrected chi connectivity index (χ2v) is 6.78. The van der Waals surface area contributed by atoms with E-state index >= 15 is 0 Å². The van der Waals surface area contributed by atoms with Crippen LogP contribution in [0.1, 0.15) is 24.8 Å². The van der Waals surface area contributed by atoms with Crippen LogP contribution in [0.25, 0.3) is 0 Å². The van der Waals surface area contributed by atoms with Gasteiger partial charge in [0.1, 0.15) is 12.4 Å². The molecule has 3 heterocycles. The number of aryl methyl sites for hydroxylation is 1. The van der Waals surface area contributed by atoms with Gasteiger partial charge in [-0.05, 0) is 55.6 Å². The van der Waals surface area contributed by atoms with Gasteiger partial charge in [-0.1, -0.05) is 0 Å². The minimum Gasteiger partial charge on any atom is -0.492 e. The summed E-state index contributed by atoms with van der Waals surface area (Å²) in [6, 6.07) is 8.46. The minimum absolute atomic E-state index is 0.0958. The lowest BCUT2D eigenvalue weighted by atomic mass is 10.0. The Morgan fingerprint density at radius 3 is 3.16 bits per heavy atom. The molecule has 0 spiro atoms. The van der Waals surface area contributed by atoms with Gasteiger partial charge < -0.3 is 10.1 Å². The first-order valence-corrected chi connectivity index (χ1v) is 9.05. The quantitative estimate of drug-likeness (QED) is 0.877. The van der Waals surface area contributed by atoms with Gasteiger partial charge in [0.05, 0.1) is 6.54 Å². The molecular formula is C19H24N4O2. The maximum atomic E-state index is 11.4. The molecular weight excluding hydrogens is 316 g/mol. The first kappa shape index (κ1) is 16.1. The van der Waals surface area contributed by atoms with E-state index in [1.165, 1.54) is 12.8 Å². The van der Waals surface area contributed by atoms with Crippen LogP contribution < -0.4 is 10.1 Å². The molecule has 1 N–H and O–H groups in total. The van der Waals surface area contributed by atoms with E-state index in [4.69, 9.17) is 4.74 Å². The molecule has 0 saturated carbocycles. The molecule has 1 unspecified atom stereocenters. The Bertz CT molecular complexity index is 729. The predicted octanol–water partition coefficient (Wildman–Crippen LogP) is 2.31. The maximum Gasteiger partial charge on any atom is 0.224 e. The molecule has 2 aliphatic rings. The molecule has 4 rings (SSSR count). The van der Waals surface area contributed by atoms with Crippen molar-refractivity contribution in [1.82, 2.24) is 14.7 Å². The largest absolute Gasteiger partial charge is 0.492 e. The van der Waals surface area contributed by atoms with Crippen molar-refractivity contribution >= 4 is 11.6 Å². The first-order valence-electron chi connectivity index (χ1n) is 9.05. The van der Waals surface area contributed by atoms with Crippen LogP contribution in [0, 0.1) is 0 Å². The zero-order valence-electron chi connectivity index (χ0n) is 14.4. The number of anilines is 1. The zero-order chi connectivity index (χ0) is 17.1. The summed E-state index contributed by atoms with van der Waals surface area (Å²) in [5.41, 5.74) is 2.08. The van der Waals surface area contributed by atoms with Crippen LogP contribution in [0.15, 0.2) is 36.7 Å². The van der Waals surface area contributed by atoms with Crippen molar-refractivity contribution in [3.8, 4) is 5.75 Å². The molecule has 6 nitrogen and oxygen atoms in total. The summed E-state index contributed by atoms with van der Waals surface area (Å²) in [7, 11) is 0. The van der Waals surface area contributed by atoms with E-state index in [-0.39, 0.29) is 5.91 Å². The van der Waals surface area contributed by atoms with Crippen molar-refractivity contribution in [2.45, 2.75) is 38.3 Å². The van der Waals surface area contributed by atoms with Crippen LogP contribution in [0.5, 0.6) is 5.75 Å². The summed E-state index contributed by atoms with van der Waals surface area (Å²) in [6.07, 6.45) is 7.67. The van der Waals surface area contributed by atoms with E-state index in [0.29, 0.717) is 19.1 Å². The topological polar surface area (TPSA) is 59.4 Å². The second-order valence-electron chi connectivity index (χ2n) is 6.78. The van der Waals surface area contributed by atoms with Crippen molar-refractivity contribution in [1.29, 1.82) is 0 Å². The van der Waals surface area contributed by atoms with Crippen LogP contribution in [-0.2, 0) is 17.8 Å². The van der Waals surface area contributed by atoms with Gasteiger partial charge in [-0.3, -0.25) is 14.4 Å². The molecule has 1 amide bonds. The Morgan fingerprint density at radius 2 is 2.28 bits per heavy atom. The summed E-state index contributed by atoms with van der Waals surface area (Å²) in [4.78, 5) is 13.9. The van der Waals surface area contributed by atoms with E-state index in [1.807, 2.05) is 35.3 Å². The van der Waals surface area contributed by atoms with Gasteiger partial charge >= 0.3 is 0 Å². The van der Waals surface area contributed by atoms with Crippen molar-refractivity contribution in [3.63, 3.8) is 0 Å². The molecule has 2 aromatic rings. The van der Waals surface area contributed by atoms with Crippen molar-refractivity contribution < 1.29 is 9.53 Å². The third-order valence-corrected chi connectivity index (χ3v) is 5.08. The predicted molar refractivity (Wildman–Crippen MR) is 95.7 cm³/mol. The number of carbonyl (C=O) groups excluding carboxylic acids is 1. The van der Waals surface area contributed by atoms with Crippen LogP contribution >= 0.6 is 0 Å². The third-order valence-electron chi connectivity index (χ3n) is 5.08. The fourth-order valence-electron chi connectivity index (χ4n) is 3.75. The molecule has 6 heteroatoms. The SMILES string of the molecule is O=C1CCc2cc(OCCN3CCCC3Cn3cccn3)ccc2N1. The number of rotatable bonds is 6.